The molecule has 2 N–H and O–H groups in total. The summed E-state index contributed by atoms with van der Waals surface area (Å²) >= 11 is 0. The van der Waals surface area contributed by atoms with Gasteiger partial charge in [-0.3, -0.25) is 0 Å². The van der Waals surface area contributed by atoms with E-state index in [4.69, 9.17) is 5.11 Å². The quantitative estimate of drug-likeness (QED) is 0.895. The summed E-state index contributed by atoms with van der Waals surface area (Å²) in [7, 11) is 0. The molecule has 0 radical (unpaired) electrons. The molecule has 5 nitrogen and oxygen atoms in total. The Morgan fingerprint density at radius 1 is 1.26 bits per heavy atom. The zero-order chi connectivity index (χ0) is 16.4. The maximum atomic E-state index is 12.4. The topological polar surface area (TPSA) is 55.8 Å². The number of carbonyl (C=O) groups is 1. The Bertz CT molecular complexity index is 546. The first-order valence-electron chi connectivity index (χ1n) is 8.46. The van der Waals surface area contributed by atoms with E-state index in [1.54, 1.807) is 0 Å². The van der Waals surface area contributed by atoms with Gasteiger partial charge in [0.2, 0.25) is 0 Å². The first-order valence-corrected chi connectivity index (χ1v) is 8.46. The van der Waals surface area contributed by atoms with Crippen molar-refractivity contribution >= 4 is 11.7 Å². The summed E-state index contributed by atoms with van der Waals surface area (Å²) in [4.78, 5) is 16.8. The number of urea groups is 1. The third-order valence-corrected chi connectivity index (χ3v) is 5.18. The van der Waals surface area contributed by atoms with Crippen LogP contribution >= 0.6 is 0 Å². The van der Waals surface area contributed by atoms with Gasteiger partial charge in [-0.1, -0.05) is 32.0 Å². The molecule has 0 spiro atoms. The minimum absolute atomic E-state index is 0.0198. The van der Waals surface area contributed by atoms with E-state index in [0.29, 0.717) is 18.5 Å². The highest BCUT2D eigenvalue weighted by Crippen LogP contribution is 2.43. The van der Waals surface area contributed by atoms with Crippen LogP contribution in [0.1, 0.15) is 20.3 Å². The van der Waals surface area contributed by atoms with Gasteiger partial charge in [0, 0.05) is 31.9 Å². The number of rotatable bonds is 3. The van der Waals surface area contributed by atoms with Crippen molar-refractivity contribution in [3.63, 3.8) is 0 Å². The lowest BCUT2D eigenvalue weighted by Crippen LogP contribution is -2.54. The van der Waals surface area contributed by atoms with Crippen molar-refractivity contribution in [3.8, 4) is 0 Å². The largest absolute Gasteiger partial charge is 0.395 e. The number of carbonyl (C=O) groups excluding carboxylic acids is 1. The van der Waals surface area contributed by atoms with Gasteiger partial charge in [0.15, 0.2) is 0 Å². The Kier molecular flexibility index (Phi) is 4.48. The molecule has 126 valence electrons. The molecule has 2 amide bonds. The highest BCUT2D eigenvalue weighted by atomic mass is 16.3. The monoisotopic (exact) mass is 317 g/mol. The van der Waals surface area contributed by atoms with E-state index in [1.807, 2.05) is 11.0 Å². The Morgan fingerprint density at radius 2 is 2.00 bits per heavy atom. The van der Waals surface area contributed by atoms with Crippen LogP contribution in [0, 0.1) is 11.3 Å². The van der Waals surface area contributed by atoms with Crippen LogP contribution in [0.2, 0.25) is 0 Å². The van der Waals surface area contributed by atoms with Gasteiger partial charge in [0.25, 0.3) is 0 Å². The van der Waals surface area contributed by atoms with Crippen molar-refractivity contribution in [2.45, 2.75) is 26.3 Å². The summed E-state index contributed by atoms with van der Waals surface area (Å²) in [5.41, 5.74) is 1.41. The lowest BCUT2D eigenvalue weighted by Gasteiger charge is -2.48. The van der Waals surface area contributed by atoms with Crippen molar-refractivity contribution in [2.75, 3.05) is 37.7 Å². The molecule has 2 unspecified atom stereocenters. The van der Waals surface area contributed by atoms with Gasteiger partial charge in [0.05, 0.1) is 12.6 Å². The predicted octanol–water partition coefficient (Wildman–Crippen LogP) is 1.93. The van der Waals surface area contributed by atoms with Gasteiger partial charge in [-0.15, -0.1) is 0 Å². The molecular weight excluding hydrogens is 290 g/mol. The second-order valence-corrected chi connectivity index (χ2v) is 7.42. The van der Waals surface area contributed by atoms with Crippen LogP contribution in [0.5, 0.6) is 0 Å². The molecule has 3 aliphatic rings. The van der Waals surface area contributed by atoms with E-state index in [2.05, 4.69) is 48.3 Å². The van der Waals surface area contributed by atoms with Crippen LogP contribution < -0.4 is 10.2 Å². The van der Waals surface area contributed by atoms with E-state index in [-0.39, 0.29) is 18.1 Å². The van der Waals surface area contributed by atoms with Crippen molar-refractivity contribution in [3.05, 3.63) is 30.3 Å². The number of amides is 2. The Morgan fingerprint density at radius 3 is 2.70 bits per heavy atom. The predicted molar refractivity (Wildman–Crippen MR) is 91.5 cm³/mol. The molecule has 3 heterocycles. The SMILES string of the molecule is CC1(C)CC2CN(C(=O)NCCO)CC1N(c1ccccc1)C2. The molecule has 23 heavy (non-hydrogen) atoms. The molecular formula is C18H27N3O2. The smallest absolute Gasteiger partial charge is 0.317 e. The number of piperidine rings is 1. The third-order valence-electron chi connectivity index (χ3n) is 5.18. The average molecular weight is 317 g/mol. The van der Waals surface area contributed by atoms with Gasteiger partial charge in [-0.05, 0) is 29.9 Å². The summed E-state index contributed by atoms with van der Waals surface area (Å²) in [6.07, 6.45) is 1.14. The fourth-order valence-corrected chi connectivity index (χ4v) is 4.18. The Balaban J connectivity index is 1.84. The number of aliphatic hydroxyl groups is 1. The number of nitrogens with one attached hydrogen (secondary N) is 1. The number of fused-ring (bicyclic) bond motifs is 4. The van der Waals surface area contributed by atoms with Gasteiger partial charge < -0.3 is 20.2 Å². The lowest BCUT2D eigenvalue weighted by atomic mass is 9.73. The van der Waals surface area contributed by atoms with Gasteiger partial charge in [-0.2, -0.15) is 0 Å². The zero-order valence-corrected chi connectivity index (χ0v) is 14.0. The number of nitrogens with zero attached hydrogens (tertiary/aromatic N) is 2. The van der Waals surface area contributed by atoms with Crippen molar-refractivity contribution in [2.24, 2.45) is 11.3 Å². The maximum Gasteiger partial charge on any atom is 0.317 e. The van der Waals surface area contributed by atoms with Crippen molar-refractivity contribution < 1.29 is 9.90 Å². The number of benzene rings is 1. The third kappa shape index (κ3) is 3.29. The molecule has 2 atom stereocenters. The second-order valence-electron chi connectivity index (χ2n) is 7.42. The van der Waals surface area contributed by atoms with Crippen LogP contribution in [0.4, 0.5) is 10.5 Å². The summed E-state index contributed by atoms with van der Waals surface area (Å²) in [6.45, 7) is 7.45. The highest BCUT2D eigenvalue weighted by Gasteiger charge is 2.46. The van der Waals surface area contributed by atoms with Crippen LogP contribution in [0.25, 0.3) is 0 Å². The maximum absolute atomic E-state index is 12.4. The molecule has 1 aromatic rings. The first-order chi connectivity index (χ1) is 11.0. The fourth-order valence-electron chi connectivity index (χ4n) is 4.18. The van der Waals surface area contributed by atoms with Crippen LogP contribution in [-0.2, 0) is 0 Å². The lowest BCUT2D eigenvalue weighted by molar-refractivity contribution is 0.185. The second kappa shape index (κ2) is 6.40. The van der Waals surface area contributed by atoms with Gasteiger partial charge in [0.1, 0.15) is 0 Å². The number of anilines is 1. The fraction of sp³-hybridized carbons (Fsp3) is 0.611. The number of hydrogen-bond acceptors (Lipinski definition) is 3. The van der Waals surface area contributed by atoms with Gasteiger partial charge >= 0.3 is 6.03 Å². The Labute approximate surface area is 138 Å². The molecule has 0 aromatic heterocycles. The van der Waals surface area contributed by atoms with E-state index < -0.39 is 0 Å². The van der Waals surface area contributed by atoms with Crippen molar-refractivity contribution in [1.29, 1.82) is 0 Å². The van der Waals surface area contributed by atoms with Crippen LogP contribution in [0.15, 0.2) is 30.3 Å². The Hall–Kier alpha value is -1.75. The molecule has 3 aliphatic heterocycles. The minimum atomic E-state index is -0.0540. The standard InChI is InChI=1S/C18H27N3O2/c1-18(2)10-14-11-20(17(23)19-8-9-22)13-16(18)21(12-14)15-6-4-3-5-7-15/h3-7,14,16,22H,8-13H2,1-2H3,(H,19,23). The van der Waals surface area contributed by atoms with Crippen LogP contribution in [-0.4, -0.2) is 54.9 Å². The molecule has 0 saturated carbocycles. The number of para-hydroxylation sites is 1. The first kappa shape index (κ1) is 16.1. The average Bonchev–Trinajstić information content (AvgIpc) is 2.80. The zero-order valence-electron chi connectivity index (χ0n) is 14.0. The number of aliphatic hydroxyl groups excluding tert-OH is 1. The molecule has 3 saturated heterocycles. The molecule has 1 aromatic carbocycles. The van der Waals surface area contributed by atoms with Crippen LogP contribution in [0.3, 0.4) is 0 Å². The normalized spacial score (nSPS) is 26.0. The molecule has 5 heteroatoms. The molecule has 0 aliphatic carbocycles. The number of hydrogen-bond donors (Lipinski definition) is 2. The van der Waals surface area contributed by atoms with E-state index >= 15 is 0 Å². The molecule has 2 bridgehead atoms. The summed E-state index contributed by atoms with van der Waals surface area (Å²) in [5.74, 6) is 0.476. The summed E-state index contributed by atoms with van der Waals surface area (Å²) in [5, 5.41) is 11.7. The summed E-state index contributed by atoms with van der Waals surface area (Å²) in [6, 6.07) is 10.8. The highest BCUT2D eigenvalue weighted by molar-refractivity contribution is 5.74. The molecule has 4 rings (SSSR count). The minimum Gasteiger partial charge on any atom is -0.395 e. The van der Waals surface area contributed by atoms with E-state index in [0.717, 1.165) is 26.1 Å². The van der Waals surface area contributed by atoms with Gasteiger partial charge in [-0.25, -0.2) is 4.79 Å². The van der Waals surface area contributed by atoms with E-state index in [9.17, 15) is 4.79 Å². The van der Waals surface area contributed by atoms with E-state index in [1.165, 1.54) is 5.69 Å². The summed E-state index contributed by atoms with van der Waals surface area (Å²) < 4.78 is 0. The molecule has 3 fully saturated rings. The van der Waals surface area contributed by atoms with Crippen molar-refractivity contribution in [1.82, 2.24) is 10.2 Å².